The van der Waals surface area contributed by atoms with Gasteiger partial charge in [0.25, 0.3) is 5.91 Å². The minimum atomic E-state index is -0.555. The predicted octanol–water partition coefficient (Wildman–Crippen LogP) is 2.33. The molecule has 0 aliphatic heterocycles. The highest BCUT2D eigenvalue weighted by molar-refractivity contribution is 9.10. The topological polar surface area (TPSA) is 64.3 Å². The number of hydrogen-bond acceptors (Lipinski definition) is 3. The number of carbonyl (C=O) groups excluding carboxylic acids is 1. The third-order valence-electron chi connectivity index (χ3n) is 2.28. The molecule has 100 valence electrons. The quantitative estimate of drug-likeness (QED) is 0.819. The molecule has 4 nitrogen and oxygen atoms in total. The fourth-order valence-electron chi connectivity index (χ4n) is 1.38. The summed E-state index contributed by atoms with van der Waals surface area (Å²) >= 11 is 3.14. The molecule has 0 saturated carbocycles. The van der Waals surface area contributed by atoms with Gasteiger partial charge in [-0.1, -0.05) is 0 Å². The van der Waals surface area contributed by atoms with Gasteiger partial charge in [-0.3, -0.25) is 4.79 Å². The lowest BCUT2D eigenvalue weighted by Crippen LogP contribution is -2.36. The second kappa shape index (κ2) is 6.70. The first-order chi connectivity index (χ1) is 8.45. The van der Waals surface area contributed by atoms with Gasteiger partial charge in [-0.05, 0) is 41.9 Å². The number of amides is 1. The number of halogens is 2. The number of rotatable bonds is 5. The predicted molar refractivity (Wildman–Crippen MR) is 71.9 cm³/mol. The first-order valence-electron chi connectivity index (χ1n) is 5.58. The average molecular weight is 319 g/mol. The number of carbonyl (C=O) groups is 1. The van der Waals surface area contributed by atoms with E-state index in [0.717, 1.165) is 0 Å². The van der Waals surface area contributed by atoms with E-state index in [1.807, 2.05) is 13.8 Å². The lowest BCUT2D eigenvalue weighted by atomic mass is 10.1. The van der Waals surface area contributed by atoms with Crippen molar-refractivity contribution in [3.63, 3.8) is 0 Å². The van der Waals surface area contributed by atoms with Crippen LogP contribution in [-0.4, -0.2) is 25.2 Å². The van der Waals surface area contributed by atoms with Crippen LogP contribution in [0.1, 0.15) is 24.2 Å². The van der Waals surface area contributed by atoms with Crippen molar-refractivity contribution in [3.05, 3.63) is 28.0 Å². The summed E-state index contributed by atoms with van der Waals surface area (Å²) in [6.45, 7) is 4.73. The zero-order valence-corrected chi connectivity index (χ0v) is 11.9. The van der Waals surface area contributed by atoms with Crippen molar-refractivity contribution in [1.29, 1.82) is 0 Å². The Hall–Kier alpha value is -1.14. The number of ether oxygens (including phenoxy) is 1. The van der Waals surface area contributed by atoms with E-state index in [9.17, 15) is 9.18 Å². The van der Waals surface area contributed by atoms with Gasteiger partial charge in [0.05, 0.1) is 17.9 Å². The first kappa shape index (κ1) is 14.9. The van der Waals surface area contributed by atoms with Crippen LogP contribution in [0.2, 0.25) is 0 Å². The standard InChI is InChI=1S/C12H16BrFN2O2/c1-3-18-6-7(2)16-12(17)8-4-11(15)10(14)5-9(8)13/h4-5,7H,3,6,15H2,1-2H3,(H,16,17). The number of benzene rings is 1. The molecule has 1 rings (SSSR count). The van der Waals surface area contributed by atoms with Gasteiger partial charge in [0.2, 0.25) is 0 Å². The van der Waals surface area contributed by atoms with Gasteiger partial charge in [-0.25, -0.2) is 4.39 Å². The fraction of sp³-hybridized carbons (Fsp3) is 0.417. The lowest BCUT2D eigenvalue weighted by molar-refractivity contribution is 0.0871. The van der Waals surface area contributed by atoms with Crippen molar-refractivity contribution in [1.82, 2.24) is 5.32 Å². The number of nitrogens with one attached hydrogen (secondary N) is 1. The molecule has 1 unspecified atom stereocenters. The van der Waals surface area contributed by atoms with Crippen LogP contribution in [0.5, 0.6) is 0 Å². The monoisotopic (exact) mass is 318 g/mol. The van der Waals surface area contributed by atoms with Crippen LogP contribution < -0.4 is 11.1 Å². The van der Waals surface area contributed by atoms with Crippen molar-refractivity contribution >= 4 is 27.5 Å². The van der Waals surface area contributed by atoms with Crippen molar-refractivity contribution in [2.45, 2.75) is 19.9 Å². The Morgan fingerprint density at radius 1 is 1.61 bits per heavy atom. The average Bonchev–Trinajstić information content (AvgIpc) is 2.31. The van der Waals surface area contributed by atoms with Gasteiger partial charge in [0, 0.05) is 17.1 Å². The zero-order valence-electron chi connectivity index (χ0n) is 10.3. The summed E-state index contributed by atoms with van der Waals surface area (Å²) in [5.74, 6) is -0.874. The van der Waals surface area contributed by atoms with Gasteiger partial charge >= 0.3 is 0 Å². The van der Waals surface area contributed by atoms with E-state index in [1.54, 1.807) is 0 Å². The Labute approximate surface area is 114 Å². The summed E-state index contributed by atoms with van der Waals surface area (Å²) in [4.78, 5) is 11.9. The molecule has 1 aromatic rings. The third-order valence-corrected chi connectivity index (χ3v) is 2.94. The zero-order chi connectivity index (χ0) is 13.7. The molecule has 0 aromatic heterocycles. The van der Waals surface area contributed by atoms with Crippen LogP contribution in [0.15, 0.2) is 16.6 Å². The maximum absolute atomic E-state index is 13.1. The molecule has 1 amide bonds. The van der Waals surface area contributed by atoms with Gasteiger partial charge in [-0.2, -0.15) is 0 Å². The van der Waals surface area contributed by atoms with Crippen LogP contribution in [0.4, 0.5) is 10.1 Å². The lowest BCUT2D eigenvalue weighted by Gasteiger charge is -2.14. The van der Waals surface area contributed by atoms with E-state index >= 15 is 0 Å². The summed E-state index contributed by atoms with van der Waals surface area (Å²) in [6, 6.07) is 2.36. The molecule has 0 bridgehead atoms. The smallest absolute Gasteiger partial charge is 0.252 e. The van der Waals surface area contributed by atoms with Crippen LogP contribution in [0.25, 0.3) is 0 Å². The van der Waals surface area contributed by atoms with Gasteiger partial charge in [0.15, 0.2) is 0 Å². The minimum absolute atomic E-state index is 0.0548. The van der Waals surface area contributed by atoms with E-state index in [4.69, 9.17) is 10.5 Å². The molecule has 0 radical (unpaired) electrons. The second-order valence-corrected chi connectivity index (χ2v) is 4.74. The van der Waals surface area contributed by atoms with Crippen LogP contribution >= 0.6 is 15.9 Å². The summed E-state index contributed by atoms with van der Waals surface area (Å²) in [7, 11) is 0. The maximum atomic E-state index is 13.1. The summed E-state index contributed by atoms with van der Waals surface area (Å²) in [5, 5.41) is 2.75. The SMILES string of the molecule is CCOCC(C)NC(=O)c1cc(N)c(F)cc1Br. The normalized spacial score (nSPS) is 12.2. The maximum Gasteiger partial charge on any atom is 0.252 e. The summed E-state index contributed by atoms with van der Waals surface area (Å²) in [5.41, 5.74) is 5.69. The van der Waals surface area contributed by atoms with E-state index in [2.05, 4.69) is 21.2 Å². The Balaban J connectivity index is 2.75. The van der Waals surface area contributed by atoms with Crippen molar-refractivity contribution in [2.75, 3.05) is 18.9 Å². The molecular weight excluding hydrogens is 303 g/mol. The molecule has 18 heavy (non-hydrogen) atoms. The molecule has 0 spiro atoms. The van der Waals surface area contributed by atoms with Crippen LogP contribution in [-0.2, 0) is 4.74 Å². The molecule has 0 aliphatic rings. The van der Waals surface area contributed by atoms with Crippen molar-refractivity contribution in [2.24, 2.45) is 0 Å². The molecule has 3 N–H and O–H groups in total. The molecule has 0 aliphatic carbocycles. The van der Waals surface area contributed by atoms with Gasteiger partial charge < -0.3 is 15.8 Å². The number of nitrogen functional groups attached to an aromatic ring is 1. The highest BCUT2D eigenvalue weighted by Gasteiger charge is 2.15. The Morgan fingerprint density at radius 3 is 2.89 bits per heavy atom. The van der Waals surface area contributed by atoms with Crippen molar-refractivity contribution < 1.29 is 13.9 Å². The van der Waals surface area contributed by atoms with E-state index < -0.39 is 5.82 Å². The number of anilines is 1. The Kier molecular flexibility index (Phi) is 5.55. The van der Waals surface area contributed by atoms with Crippen LogP contribution in [0, 0.1) is 5.82 Å². The van der Waals surface area contributed by atoms with Gasteiger partial charge in [0.1, 0.15) is 5.82 Å². The largest absolute Gasteiger partial charge is 0.396 e. The van der Waals surface area contributed by atoms with E-state index in [1.165, 1.54) is 12.1 Å². The summed E-state index contributed by atoms with van der Waals surface area (Å²) < 4.78 is 18.7. The number of hydrogen-bond donors (Lipinski definition) is 2. The molecule has 0 saturated heterocycles. The third kappa shape index (κ3) is 3.96. The second-order valence-electron chi connectivity index (χ2n) is 3.89. The minimum Gasteiger partial charge on any atom is -0.396 e. The molecule has 1 aromatic carbocycles. The van der Waals surface area contributed by atoms with Crippen LogP contribution in [0.3, 0.4) is 0 Å². The van der Waals surface area contributed by atoms with Gasteiger partial charge in [-0.15, -0.1) is 0 Å². The molecule has 0 fully saturated rings. The Bertz CT molecular complexity index is 440. The molecular formula is C12H16BrFN2O2. The molecule has 0 heterocycles. The first-order valence-corrected chi connectivity index (χ1v) is 6.38. The van der Waals surface area contributed by atoms with E-state index in [0.29, 0.717) is 23.2 Å². The highest BCUT2D eigenvalue weighted by atomic mass is 79.9. The molecule has 6 heteroatoms. The summed E-state index contributed by atoms with van der Waals surface area (Å²) in [6.07, 6.45) is 0. The van der Waals surface area contributed by atoms with E-state index in [-0.39, 0.29) is 17.6 Å². The Morgan fingerprint density at radius 2 is 2.28 bits per heavy atom. The number of nitrogens with two attached hydrogens (primary N) is 1. The fourth-order valence-corrected chi connectivity index (χ4v) is 1.87. The highest BCUT2D eigenvalue weighted by Crippen LogP contribution is 2.22. The van der Waals surface area contributed by atoms with Crippen molar-refractivity contribution in [3.8, 4) is 0 Å². The molecule has 1 atom stereocenters.